The first-order chi connectivity index (χ1) is 13.0. The van der Waals surface area contributed by atoms with E-state index >= 15 is 0 Å². The van der Waals surface area contributed by atoms with Crippen LogP contribution < -0.4 is 11.1 Å². The molecule has 3 N–H and O–H groups in total. The van der Waals surface area contributed by atoms with Crippen molar-refractivity contribution in [3.8, 4) is 0 Å². The third kappa shape index (κ3) is 3.26. The first-order valence-electron chi connectivity index (χ1n) is 9.18. The molecule has 0 bridgehead atoms. The molecule has 2 heterocycles. The lowest BCUT2D eigenvalue weighted by Gasteiger charge is -2.23. The number of nitrogens with zero attached hydrogens (tertiary/aromatic N) is 4. The molecule has 0 radical (unpaired) electrons. The van der Waals surface area contributed by atoms with E-state index in [1.807, 2.05) is 53.8 Å². The van der Waals surface area contributed by atoms with Crippen molar-refractivity contribution in [2.45, 2.75) is 31.3 Å². The highest BCUT2D eigenvalue weighted by Gasteiger charge is 2.26. The second kappa shape index (κ2) is 7.00. The van der Waals surface area contributed by atoms with E-state index < -0.39 is 6.04 Å². The van der Waals surface area contributed by atoms with E-state index in [1.165, 1.54) is 5.56 Å². The number of carbonyl (C=O) groups is 1. The Kier molecular flexibility index (Phi) is 4.53. The zero-order valence-electron chi connectivity index (χ0n) is 15.6. The first-order valence-corrected chi connectivity index (χ1v) is 9.18. The van der Waals surface area contributed by atoms with Gasteiger partial charge in [0.1, 0.15) is 17.7 Å². The average Bonchev–Trinajstić information content (AvgIpc) is 3.28. The van der Waals surface area contributed by atoms with Crippen molar-refractivity contribution in [1.82, 2.24) is 24.4 Å². The molecule has 27 heavy (non-hydrogen) atoms. The Labute approximate surface area is 158 Å². The predicted molar refractivity (Wildman–Crippen MR) is 102 cm³/mol. The number of amides is 1. The average molecular weight is 364 g/mol. The minimum Gasteiger partial charge on any atom is -0.336 e. The molecule has 0 saturated heterocycles. The van der Waals surface area contributed by atoms with Gasteiger partial charge in [-0.25, -0.2) is 9.97 Å². The monoisotopic (exact) mass is 364 g/mol. The van der Waals surface area contributed by atoms with Crippen LogP contribution in [0.5, 0.6) is 0 Å². The van der Waals surface area contributed by atoms with Crippen molar-refractivity contribution in [1.29, 1.82) is 0 Å². The molecule has 7 nitrogen and oxygen atoms in total. The van der Waals surface area contributed by atoms with Gasteiger partial charge >= 0.3 is 0 Å². The Hall–Kier alpha value is -2.93. The summed E-state index contributed by atoms with van der Waals surface area (Å²) in [6, 6.07) is 5.39. The number of benzene rings is 1. The van der Waals surface area contributed by atoms with E-state index in [4.69, 9.17) is 5.73 Å². The van der Waals surface area contributed by atoms with Gasteiger partial charge in [-0.15, -0.1) is 0 Å². The summed E-state index contributed by atoms with van der Waals surface area (Å²) < 4.78 is 3.78. The summed E-state index contributed by atoms with van der Waals surface area (Å²) in [6.07, 6.45) is 10.2. The molecule has 1 amide bonds. The van der Waals surface area contributed by atoms with E-state index in [-0.39, 0.29) is 11.9 Å². The molecule has 140 valence electrons. The zero-order valence-corrected chi connectivity index (χ0v) is 15.6. The van der Waals surface area contributed by atoms with E-state index in [1.54, 1.807) is 12.4 Å². The molecule has 1 aliphatic rings. The molecule has 1 unspecified atom stereocenters. The number of nitrogens with two attached hydrogens (primary N) is 1. The minimum absolute atomic E-state index is 0.00128. The fraction of sp³-hybridized carbons (Fsp3) is 0.350. The number of rotatable bonds is 4. The minimum atomic E-state index is -0.442. The Balaban J connectivity index is 1.66. The van der Waals surface area contributed by atoms with Gasteiger partial charge in [0.15, 0.2) is 0 Å². The third-order valence-electron chi connectivity index (χ3n) is 5.28. The topological polar surface area (TPSA) is 90.8 Å². The summed E-state index contributed by atoms with van der Waals surface area (Å²) in [5.41, 5.74) is 9.19. The maximum atomic E-state index is 13.0. The molecule has 0 spiro atoms. The number of imidazole rings is 2. The molecule has 0 fully saturated rings. The number of aromatic nitrogens is 4. The van der Waals surface area contributed by atoms with E-state index in [2.05, 4.69) is 15.3 Å². The number of hydrogen-bond donors (Lipinski definition) is 2. The first kappa shape index (κ1) is 17.5. The van der Waals surface area contributed by atoms with Gasteiger partial charge in [-0.05, 0) is 42.5 Å². The molecule has 7 heteroatoms. The largest absolute Gasteiger partial charge is 0.336 e. The SMILES string of the molecule is Cn1ccnc1C(NC(=O)c1ccc2c(c1)C(N)CCC2)c1nccn1C. The Morgan fingerprint density at radius 2 is 1.85 bits per heavy atom. The van der Waals surface area contributed by atoms with Crippen LogP contribution >= 0.6 is 0 Å². The van der Waals surface area contributed by atoms with Crippen molar-refractivity contribution >= 4 is 5.91 Å². The van der Waals surface area contributed by atoms with Crippen LogP contribution in [0.4, 0.5) is 0 Å². The van der Waals surface area contributed by atoms with E-state index in [0.29, 0.717) is 5.56 Å². The van der Waals surface area contributed by atoms with Crippen molar-refractivity contribution in [2.24, 2.45) is 19.8 Å². The van der Waals surface area contributed by atoms with Gasteiger partial charge in [0.25, 0.3) is 5.91 Å². The van der Waals surface area contributed by atoms with Crippen molar-refractivity contribution in [2.75, 3.05) is 0 Å². The number of fused-ring (bicyclic) bond motifs is 1. The van der Waals surface area contributed by atoms with Gasteiger partial charge in [0, 0.05) is 50.5 Å². The van der Waals surface area contributed by atoms with Gasteiger partial charge in [-0.1, -0.05) is 6.07 Å². The standard InChI is InChI=1S/C20H24N6O/c1-25-10-8-22-18(25)17(19-23-9-11-26(19)2)24-20(27)14-7-6-13-4-3-5-16(21)15(13)12-14/h6-12,16-17H,3-5,21H2,1-2H3,(H,24,27). The lowest BCUT2D eigenvalue weighted by molar-refractivity contribution is 0.0939. The highest BCUT2D eigenvalue weighted by atomic mass is 16.1. The molecule has 1 aliphatic carbocycles. The molecule has 1 aromatic carbocycles. The maximum absolute atomic E-state index is 13.0. The molecule has 1 atom stereocenters. The van der Waals surface area contributed by atoms with Gasteiger partial charge in [-0.3, -0.25) is 4.79 Å². The Bertz CT molecular complexity index is 932. The maximum Gasteiger partial charge on any atom is 0.252 e. The van der Waals surface area contributed by atoms with Crippen molar-refractivity contribution in [3.63, 3.8) is 0 Å². The third-order valence-corrected chi connectivity index (χ3v) is 5.28. The highest BCUT2D eigenvalue weighted by molar-refractivity contribution is 5.95. The summed E-state index contributed by atoms with van der Waals surface area (Å²) >= 11 is 0. The van der Waals surface area contributed by atoms with Crippen LogP contribution in [0.25, 0.3) is 0 Å². The molecule has 4 rings (SSSR count). The summed E-state index contributed by atoms with van der Waals surface area (Å²) in [7, 11) is 3.81. The summed E-state index contributed by atoms with van der Waals surface area (Å²) in [5, 5.41) is 3.09. The molecular weight excluding hydrogens is 340 g/mol. The molecular formula is C20H24N6O. The van der Waals surface area contributed by atoms with Crippen LogP contribution in [0.3, 0.4) is 0 Å². The van der Waals surface area contributed by atoms with Crippen LogP contribution in [0.1, 0.15) is 58.1 Å². The van der Waals surface area contributed by atoms with Crippen LogP contribution in [-0.4, -0.2) is 25.0 Å². The van der Waals surface area contributed by atoms with E-state index in [9.17, 15) is 4.79 Å². The second-order valence-corrected chi connectivity index (χ2v) is 7.11. The molecule has 0 saturated carbocycles. The number of nitrogens with one attached hydrogen (secondary N) is 1. The van der Waals surface area contributed by atoms with Gasteiger partial charge < -0.3 is 20.2 Å². The summed E-state index contributed by atoms with van der Waals surface area (Å²) in [6.45, 7) is 0. The smallest absolute Gasteiger partial charge is 0.252 e. The Morgan fingerprint density at radius 1 is 1.19 bits per heavy atom. The van der Waals surface area contributed by atoms with Gasteiger partial charge in [-0.2, -0.15) is 0 Å². The van der Waals surface area contributed by atoms with Crippen LogP contribution in [0.2, 0.25) is 0 Å². The van der Waals surface area contributed by atoms with E-state index in [0.717, 1.165) is 36.5 Å². The summed E-state index contributed by atoms with van der Waals surface area (Å²) in [5.74, 6) is 1.30. The van der Waals surface area contributed by atoms with Crippen LogP contribution in [0.15, 0.2) is 43.0 Å². The zero-order chi connectivity index (χ0) is 19.0. The van der Waals surface area contributed by atoms with Crippen molar-refractivity contribution < 1.29 is 4.79 Å². The predicted octanol–water partition coefficient (Wildman–Crippen LogP) is 2.01. The van der Waals surface area contributed by atoms with Gasteiger partial charge in [0.2, 0.25) is 0 Å². The van der Waals surface area contributed by atoms with Gasteiger partial charge in [0.05, 0.1) is 0 Å². The Morgan fingerprint density at radius 3 is 2.44 bits per heavy atom. The van der Waals surface area contributed by atoms with Crippen molar-refractivity contribution in [3.05, 3.63) is 71.3 Å². The number of carbonyl (C=O) groups excluding carboxylic acids is 1. The lowest BCUT2D eigenvalue weighted by Crippen LogP contribution is -2.33. The molecule has 3 aromatic rings. The second-order valence-electron chi connectivity index (χ2n) is 7.11. The fourth-order valence-electron chi connectivity index (χ4n) is 3.75. The number of hydrogen-bond acceptors (Lipinski definition) is 4. The molecule has 2 aromatic heterocycles. The molecule has 0 aliphatic heterocycles. The fourth-order valence-corrected chi connectivity index (χ4v) is 3.75. The quantitative estimate of drug-likeness (QED) is 0.741. The highest BCUT2D eigenvalue weighted by Crippen LogP contribution is 2.29. The normalized spacial score (nSPS) is 16.4. The lowest BCUT2D eigenvalue weighted by atomic mass is 9.87. The van der Waals surface area contributed by atoms with Crippen LogP contribution in [-0.2, 0) is 20.5 Å². The van der Waals surface area contributed by atoms with Crippen LogP contribution in [0, 0.1) is 0 Å². The summed E-state index contributed by atoms with van der Waals surface area (Å²) in [4.78, 5) is 21.9. The number of aryl methyl sites for hydroxylation is 3.